The van der Waals surface area contributed by atoms with E-state index in [0.717, 1.165) is 36.4 Å². The van der Waals surface area contributed by atoms with Gasteiger partial charge in [0.1, 0.15) is 13.2 Å². The average molecular weight is 401 g/mol. The van der Waals surface area contributed by atoms with Crippen LogP contribution in [0, 0.1) is 0 Å². The number of benzene rings is 1. The molecule has 2 atom stereocenters. The Labute approximate surface area is 170 Å². The Hall–Kier alpha value is -2.74. The van der Waals surface area contributed by atoms with E-state index in [1.165, 1.54) is 0 Å². The van der Waals surface area contributed by atoms with Crippen LogP contribution in [0.4, 0.5) is 4.79 Å². The van der Waals surface area contributed by atoms with Crippen LogP contribution in [-0.2, 0) is 9.53 Å². The Morgan fingerprint density at radius 1 is 1.28 bits per heavy atom. The molecule has 1 saturated heterocycles. The lowest BCUT2D eigenvalue weighted by Gasteiger charge is -2.31. The van der Waals surface area contributed by atoms with Crippen molar-refractivity contribution in [3.63, 3.8) is 0 Å². The molecule has 8 heteroatoms. The van der Waals surface area contributed by atoms with Gasteiger partial charge in [0.2, 0.25) is 0 Å². The molecule has 3 aliphatic heterocycles. The molecular formula is C21H27N3O5. The number of rotatable bonds is 5. The summed E-state index contributed by atoms with van der Waals surface area (Å²) in [5.74, 6) is 1.16. The van der Waals surface area contributed by atoms with Gasteiger partial charge in [0, 0.05) is 18.3 Å². The summed E-state index contributed by atoms with van der Waals surface area (Å²) in [5.41, 5.74) is 2.25. The molecule has 1 aromatic carbocycles. The normalized spacial score (nSPS) is 24.1. The molecule has 3 heterocycles. The van der Waals surface area contributed by atoms with Crippen molar-refractivity contribution in [1.82, 2.24) is 15.5 Å². The second-order valence-electron chi connectivity index (χ2n) is 7.46. The molecule has 0 bridgehead atoms. The number of carbonyl (C=O) groups excluding carboxylic acids is 2. The van der Waals surface area contributed by atoms with Gasteiger partial charge in [0.15, 0.2) is 11.5 Å². The number of ether oxygens (including phenoxy) is 3. The number of hydrogen-bond acceptors (Lipinski definition) is 6. The van der Waals surface area contributed by atoms with Gasteiger partial charge >= 0.3 is 12.0 Å². The lowest BCUT2D eigenvalue weighted by molar-refractivity contribution is -0.139. The van der Waals surface area contributed by atoms with E-state index in [1.54, 1.807) is 13.8 Å². The minimum Gasteiger partial charge on any atom is -0.486 e. The number of carbonyl (C=O) groups is 2. The van der Waals surface area contributed by atoms with Crippen LogP contribution in [-0.4, -0.2) is 55.9 Å². The fourth-order valence-electron chi connectivity index (χ4n) is 4.27. The van der Waals surface area contributed by atoms with E-state index in [4.69, 9.17) is 14.2 Å². The van der Waals surface area contributed by atoms with Crippen molar-refractivity contribution in [3.8, 4) is 11.5 Å². The summed E-state index contributed by atoms with van der Waals surface area (Å²) in [7, 11) is 0. The van der Waals surface area contributed by atoms with Crippen molar-refractivity contribution in [2.24, 2.45) is 0 Å². The molecule has 0 radical (unpaired) electrons. The molecule has 29 heavy (non-hydrogen) atoms. The summed E-state index contributed by atoms with van der Waals surface area (Å²) in [6.45, 7) is 6.35. The Balaban J connectivity index is 1.59. The molecule has 1 fully saturated rings. The molecule has 0 aromatic heterocycles. The van der Waals surface area contributed by atoms with Gasteiger partial charge in [0.05, 0.1) is 18.2 Å². The molecule has 3 aliphatic rings. The van der Waals surface area contributed by atoms with Gasteiger partial charge in [-0.15, -0.1) is 0 Å². The van der Waals surface area contributed by atoms with Crippen LogP contribution < -0.4 is 20.1 Å². The van der Waals surface area contributed by atoms with E-state index in [1.807, 2.05) is 12.1 Å². The molecule has 8 nitrogen and oxygen atoms in total. The molecule has 1 aromatic rings. The SMILES string of the molecule is CCOC(=O)C1=C(CN2CCCC2c2ccc3c(c2)OCCO3)NC(=O)NC1C. The quantitative estimate of drug-likeness (QED) is 0.735. The van der Waals surface area contributed by atoms with Crippen LogP contribution in [0.25, 0.3) is 0 Å². The maximum Gasteiger partial charge on any atom is 0.337 e. The predicted octanol–water partition coefficient (Wildman–Crippen LogP) is 2.11. The molecule has 2 amide bonds. The lowest BCUT2D eigenvalue weighted by Crippen LogP contribution is -2.51. The number of esters is 1. The summed E-state index contributed by atoms with van der Waals surface area (Å²) < 4.78 is 16.6. The maximum absolute atomic E-state index is 12.5. The standard InChI is InChI=1S/C21H27N3O5/c1-3-27-20(25)19-13(2)22-21(26)23-15(19)12-24-8-4-5-16(24)14-6-7-17-18(11-14)29-10-9-28-17/h6-7,11,13,16H,3-5,8-10,12H2,1-2H3,(H2,22,23,26). The first-order valence-electron chi connectivity index (χ1n) is 10.2. The number of amides is 2. The highest BCUT2D eigenvalue weighted by Crippen LogP contribution is 2.38. The molecule has 156 valence electrons. The van der Waals surface area contributed by atoms with Crippen molar-refractivity contribution in [1.29, 1.82) is 0 Å². The van der Waals surface area contributed by atoms with E-state index in [2.05, 4.69) is 21.6 Å². The number of nitrogens with one attached hydrogen (secondary N) is 2. The fourth-order valence-corrected chi connectivity index (χ4v) is 4.27. The van der Waals surface area contributed by atoms with Crippen LogP contribution in [0.1, 0.15) is 38.3 Å². The minimum atomic E-state index is -0.395. The van der Waals surface area contributed by atoms with Gasteiger partial charge in [-0.2, -0.15) is 0 Å². The van der Waals surface area contributed by atoms with Gasteiger partial charge in [-0.3, -0.25) is 4.90 Å². The topological polar surface area (TPSA) is 89.1 Å². The van der Waals surface area contributed by atoms with Crippen LogP contribution in [0.15, 0.2) is 29.5 Å². The number of fused-ring (bicyclic) bond motifs is 1. The highest BCUT2D eigenvalue weighted by atomic mass is 16.6. The number of likely N-dealkylation sites (tertiary alicyclic amines) is 1. The minimum absolute atomic E-state index is 0.184. The highest BCUT2D eigenvalue weighted by Gasteiger charge is 2.34. The number of urea groups is 1. The Kier molecular flexibility index (Phi) is 5.62. The van der Waals surface area contributed by atoms with Crippen LogP contribution in [0.2, 0.25) is 0 Å². The summed E-state index contributed by atoms with van der Waals surface area (Å²) in [4.78, 5) is 26.8. The van der Waals surface area contributed by atoms with Gasteiger partial charge in [-0.05, 0) is 50.9 Å². The zero-order valence-electron chi connectivity index (χ0n) is 16.8. The van der Waals surface area contributed by atoms with Crippen molar-refractivity contribution >= 4 is 12.0 Å². The highest BCUT2D eigenvalue weighted by molar-refractivity contribution is 5.94. The number of hydrogen-bond donors (Lipinski definition) is 2. The molecule has 2 unspecified atom stereocenters. The largest absolute Gasteiger partial charge is 0.486 e. The summed E-state index contributed by atoms with van der Waals surface area (Å²) in [5, 5.41) is 5.57. The van der Waals surface area contributed by atoms with Crippen LogP contribution in [0.5, 0.6) is 11.5 Å². The van der Waals surface area contributed by atoms with Crippen LogP contribution in [0.3, 0.4) is 0 Å². The predicted molar refractivity (Wildman–Crippen MR) is 106 cm³/mol. The third kappa shape index (κ3) is 4.03. The molecule has 0 saturated carbocycles. The summed E-state index contributed by atoms with van der Waals surface area (Å²) in [6, 6.07) is 5.56. The first kappa shape index (κ1) is 19.6. The monoisotopic (exact) mass is 401 g/mol. The molecule has 4 rings (SSSR count). The van der Waals surface area contributed by atoms with Gasteiger partial charge in [-0.25, -0.2) is 9.59 Å². The van der Waals surface area contributed by atoms with Crippen molar-refractivity contribution in [2.45, 2.75) is 38.8 Å². The Morgan fingerprint density at radius 2 is 2.07 bits per heavy atom. The van der Waals surface area contributed by atoms with Crippen LogP contribution >= 0.6 is 0 Å². The molecule has 2 N–H and O–H groups in total. The first-order chi connectivity index (χ1) is 14.1. The fraction of sp³-hybridized carbons (Fsp3) is 0.524. The molecule has 0 spiro atoms. The van der Waals surface area contributed by atoms with Crippen molar-refractivity contribution in [3.05, 3.63) is 35.0 Å². The summed E-state index contributed by atoms with van der Waals surface area (Å²) in [6.07, 6.45) is 2.05. The van der Waals surface area contributed by atoms with Crippen molar-refractivity contribution in [2.75, 3.05) is 32.9 Å². The second-order valence-corrected chi connectivity index (χ2v) is 7.46. The average Bonchev–Trinajstić information content (AvgIpc) is 3.15. The maximum atomic E-state index is 12.5. The van der Waals surface area contributed by atoms with E-state index < -0.39 is 12.0 Å². The zero-order valence-corrected chi connectivity index (χ0v) is 16.8. The third-order valence-electron chi connectivity index (χ3n) is 5.54. The molecule has 0 aliphatic carbocycles. The summed E-state index contributed by atoms with van der Waals surface area (Å²) >= 11 is 0. The van der Waals surface area contributed by atoms with Gasteiger partial charge in [0.25, 0.3) is 0 Å². The smallest absolute Gasteiger partial charge is 0.337 e. The van der Waals surface area contributed by atoms with Gasteiger partial charge < -0.3 is 24.8 Å². The second kappa shape index (κ2) is 8.32. The molecular weight excluding hydrogens is 374 g/mol. The third-order valence-corrected chi connectivity index (χ3v) is 5.54. The lowest BCUT2D eigenvalue weighted by atomic mass is 10.0. The Bertz CT molecular complexity index is 838. The van der Waals surface area contributed by atoms with E-state index in [-0.39, 0.29) is 12.1 Å². The Morgan fingerprint density at radius 3 is 2.86 bits per heavy atom. The zero-order chi connectivity index (χ0) is 20.4. The van der Waals surface area contributed by atoms with Crippen molar-refractivity contribution < 1.29 is 23.8 Å². The number of nitrogens with zero attached hydrogens (tertiary/aromatic N) is 1. The first-order valence-corrected chi connectivity index (χ1v) is 10.2. The van der Waals surface area contributed by atoms with E-state index >= 15 is 0 Å². The van der Waals surface area contributed by atoms with E-state index in [9.17, 15) is 9.59 Å². The van der Waals surface area contributed by atoms with Gasteiger partial charge in [-0.1, -0.05) is 6.07 Å². The van der Waals surface area contributed by atoms with E-state index in [0.29, 0.717) is 37.6 Å².